The normalized spacial score (nSPS) is 21.1. The zero-order valence-corrected chi connectivity index (χ0v) is 10.3. The fourth-order valence-corrected chi connectivity index (χ4v) is 1.95. The van der Waals surface area contributed by atoms with E-state index < -0.39 is 0 Å². The predicted molar refractivity (Wildman–Crippen MR) is 67.3 cm³/mol. The SMILES string of the molecule is CCOC1CN(c2ccc(S)cc2)CCO1. The van der Waals surface area contributed by atoms with Gasteiger partial charge in [0.15, 0.2) is 6.29 Å². The Hall–Kier alpha value is -0.710. The summed E-state index contributed by atoms with van der Waals surface area (Å²) in [5, 5.41) is 0. The molecule has 88 valence electrons. The first-order chi connectivity index (χ1) is 7.79. The third kappa shape index (κ3) is 2.90. The van der Waals surface area contributed by atoms with Gasteiger partial charge in [0, 0.05) is 23.7 Å². The van der Waals surface area contributed by atoms with E-state index in [-0.39, 0.29) is 6.29 Å². The highest BCUT2D eigenvalue weighted by molar-refractivity contribution is 7.80. The van der Waals surface area contributed by atoms with Crippen LogP contribution in [0, 0.1) is 0 Å². The zero-order valence-electron chi connectivity index (χ0n) is 9.43. The quantitative estimate of drug-likeness (QED) is 0.817. The summed E-state index contributed by atoms with van der Waals surface area (Å²) >= 11 is 4.28. The van der Waals surface area contributed by atoms with Crippen LogP contribution in [0.2, 0.25) is 0 Å². The van der Waals surface area contributed by atoms with Crippen molar-refractivity contribution in [3.05, 3.63) is 24.3 Å². The second kappa shape index (κ2) is 5.57. The monoisotopic (exact) mass is 239 g/mol. The lowest BCUT2D eigenvalue weighted by Crippen LogP contribution is -2.43. The lowest BCUT2D eigenvalue weighted by Gasteiger charge is -2.34. The highest BCUT2D eigenvalue weighted by Crippen LogP contribution is 2.19. The minimum Gasteiger partial charge on any atom is -0.364 e. The standard InChI is InChI=1S/C12H17NO2S/c1-2-14-12-9-13(7-8-15-12)10-3-5-11(16)6-4-10/h3-6,12,16H,2,7-9H2,1H3. The van der Waals surface area contributed by atoms with Gasteiger partial charge in [-0.15, -0.1) is 12.6 Å². The first-order valence-corrected chi connectivity index (χ1v) is 6.01. The van der Waals surface area contributed by atoms with Crippen LogP contribution >= 0.6 is 12.6 Å². The molecule has 0 radical (unpaired) electrons. The van der Waals surface area contributed by atoms with Gasteiger partial charge in [-0.05, 0) is 31.2 Å². The summed E-state index contributed by atoms with van der Waals surface area (Å²) in [5.41, 5.74) is 1.20. The topological polar surface area (TPSA) is 21.7 Å². The maximum absolute atomic E-state index is 5.51. The molecule has 1 aromatic rings. The maximum atomic E-state index is 5.51. The molecule has 0 spiro atoms. The van der Waals surface area contributed by atoms with Gasteiger partial charge in [-0.25, -0.2) is 0 Å². The molecule has 1 heterocycles. The van der Waals surface area contributed by atoms with E-state index in [1.807, 2.05) is 19.1 Å². The number of hydrogen-bond acceptors (Lipinski definition) is 4. The van der Waals surface area contributed by atoms with Crippen molar-refractivity contribution in [1.29, 1.82) is 0 Å². The van der Waals surface area contributed by atoms with Crippen LogP contribution in [0.5, 0.6) is 0 Å². The molecule has 4 heteroatoms. The van der Waals surface area contributed by atoms with E-state index in [1.165, 1.54) is 5.69 Å². The number of thiol groups is 1. The molecule has 3 nitrogen and oxygen atoms in total. The molecule has 0 aliphatic carbocycles. The molecule has 0 amide bonds. The van der Waals surface area contributed by atoms with E-state index in [1.54, 1.807) is 0 Å². The number of nitrogens with zero attached hydrogens (tertiary/aromatic N) is 1. The van der Waals surface area contributed by atoms with Gasteiger partial charge in [0.1, 0.15) is 0 Å². The van der Waals surface area contributed by atoms with E-state index in [9.17, 15) is 0 Å². The third-order valence-corrected chi connectivity index (χ3v) is 2.90. The molecular formula is C12H17NO2S. The smallest absolute Gasteiger partial charge is 0.174 e. The van der Waals surface area contributed by atoms with Crippen LogP contribution in [0.1, 0.15) is 6.92 Å². The van der Waals surface area contributed by atoms with E-state index in [0.29, 0.717) is 13.2 Å². The summed E-state index contributed by atoms with van der Waals surface area (Å²) in [6.45, 7) is 5.09. The second-order valence-corrected chi connectivity index (χ2v) is 4.23. The molecule has 2 rings (SSSR count). The van der Waals surface area contributed by atoms with Crippen LogP contribution in [0.15, 0.2) is 29.2 Å². The molecule has 1 saturated heterocycles. The number of benzene rings is 1. The van der Waals surface area contributed by atoms with Crippen molar-refractivity contribution in [3.8, 4) is 0 Å². The van der Waals surface area contributed by atoms with E-state index in [0.717, 1.165) is 18.0 Å². The van der Waals surface area contributed by atoms with Crippen molar-refractivity contribution in [3.63, 3.8) is 0 Å². The molecule has 0 N–H and O–H groups in total. The van der Waals surface area contributed by atoms with Crippen molar-refractivity contribution in [2.45, 2.75) is 18.1 Å². The largest absolute Gasteiger partial charge is 0.364 e. The molecule has 1 aromatic carbocycles. The van der Waals surface area contributed by atoms with E-state index >= 15 is 0 Å². The van der Waals surface area contributed by atoms with Gasteiger partial charge in [0.2, 0.25) is 0 Å². The molecule has 1 aliphatic rings. The number of rotatable bonds is 3. The van der Waals surface area contributed by atoms with Gasteiger partial charge in [0.05, 0.1) is 13.2 Å². The van der Waals surface area contributed by atoms with Gasteiger partial charge in [-0.3, -0.25) is 0 Å². The van der Waals surface area contributed by atoms with Crippen molar-refractivity contribution in [1.82, 2.24) is 0 Å². The Morgan fingerprint density at radius 1 is 1.44 bits per heavy atom. The number of anilines is 1. The second-order valence-electron chi connectivity index (χ2n) is 3.72. The lowest BCUT2D eigenvalue weighted by atomic mass is 10.2. The van der Waals surface area contributed by atoms with Gasteiger partial charge in [-0.1, -0.05) is 0 Å². The Bertz CT molecular complexity index is 326. The average Bonchev–Trinajstić information content (AvgIpc) is 2.31. The van der Waals surface area contributed by atoms with Crippen LogP contribution < -0.4 is 4.90 Å². The minimum atomic E-state index is -0.102. The van der Waals surface area contributed by atoms with Crippen molar-refractivity contribution >= 4 is 18.3 Å². The Kier molecular flexibility index (Phi) is 4.09. The van der Waals surface area contributed by atoms with Crippen molar-refractivity contribution < 1.29 is 9.47 Å². The first-order valence-electron chi connectivity index (χ1n) is 5.57. The molecule has 1 atom stereocenters. The predicted octanol–water partition coefficient (Wildman–Crippen LogP) is 2.17. The molecule has 1 aliphatic heterocycles. The van der Waals surface area contributed by atoms with Gasteiger partial charge < -0.3 is 14.4 Å². The maximum Gasteiger partial charge on any atom is 0.174 e. The Balaban J connectivity index is 2.01. The summed E-state index contributed by atoms with van der Waals surface area (Å²) in [7, 11) is 0. The molecule has 0 bridgehead atoms. The Labute approximate surface area is 102 Å². The number of ether oxygens (including phenoxy) is 2. The van der Waals surface area contributed by atoms with Crippen LogP contribution in [-0.2, 0) is 9.47 Å². The molecular weight excluding hydrogens is 222 g/mol. The Morgan fingerprint density at radius 2 is 2.19 bits per heavy atom. The summed E-state index contributed by atoms with van der Waals surface area (Å²) in [5.74, 6) is 0. The molecule has 1 unspecified atom stereocenters. The fourth-order valence-electron chi connectivity index (χ4n) is 1.80. The average molecular weight is 239 g/mol. The van der Waals surface area contributed by atoms with Crippen LogP contribution in [0.25, 0.3) is 0 Å². The molecule has 1 fully saturated rings. The van der Waals surface area contributed by atoms with E-state index in [4.69, 9.17) is 9.47 Å². The molecule has 16 heavy (non-hydrogen) atoms. The molecule has 0 aromatic heterocycles. The fraction of sp³-hybridized carbons (Fsp3) is 0.500. The van der Waals surface area contributed by atoms with Gasteiger partial charge >= 0.3 is 0 Å². The highest BCUT2D eigenvalue weighted by Gasteiger charge is 2.20. The summed E-state index contributed by atoms with van der Waals surface area (Å²) in [4.78, 5) is 3.26. The summed E-state index contributed by atoms with van der Waals surface area (Å²) in [6, 6.07) is 8.17. The van der Waals surface area contributed by atoms with Crippen LogP contribution in [-0.4, -0.2) is 32.6 Å². The van der Waals surface area contributed by atoms with Gasteiger partial charge in [0.25, 0.3) is 0 Å². The highest BCUT2D eigenvalue weighted by atomic mass is 32.1. The first kappa shape index (κ1) is 11.8. The Morgan fingerprint density at radius 3 is 2.88 bits per heavy atom. The van der Waals surface area contributed by atoms with E-state index in [2.05, 4.69) is 29.7 Å². The molecule has 0 saturated carbocycles. The van der Waals surface area contributed by atoms with Crippen molar-refractivity contribution in [2.24, 2.45) is 0 Å². The number of morpholine rings is 1. The van der Waals surface area contributed by atoms with Crippen LogP contribution in [0.4, 0.5) is 5.69 Å². The van der Waals surface area contributed by atoms with Crippen LogP contribution in [0.3, 0.4) is 0 Å². The number of hydrogen-bond donors (Lipinski definition) is 1. The zero-order chi connectivity index (χ0) is 11.4. The minimum absolute atomic E-state index is 0.102. The lowest BCUT2D eigenvalue weighted by molar-refractivity contribution is -0.143. The summed E-state index contributed by atoms with van der Waals surface area (Å²) < 4.78 is 11.0. The van der Waals surface area contributed by atoms with Crippen molar-refractivity contribution in [2.75, 3.05) is 31.2 Å². The van der Waals surface area contributed by atoms with Gasteiger partial charge in [-0.2, -0.15) is 0 Å². The summed E-state index contributed by atoms with van der Waals surface area (Å²) in [6.07, 6.45) is -0.102. The third-order valence-electron chi connectivity index (χ3n) is 2.60.